The topological polar surface area (TPSA) is 70.7 Å². The maximum absolute atomic E-state index is 11.5. The molecule has 0 saturated heterocycles. The van der Waals surface area contributed by atoms with Crippen molar-refractivity contribution in [3.8, 4) is 0 Å². The molecule has 7 heteroatoms. The van der Waals surface area contributed by atoms with Crippen LogP contribution >= 0.6 is 0 Å². The van der Waals surface area contributed by atoms with E-state index in [1.165, 1.54) is 0 Å². The fourth-order valence-corrected chi connectivity index (χ4v) is 2.17. The number of nitrogens with one attached hydrogen (secondary N) is 2. The van der Waals surface area contributed by atoms with Crippen LogP contribution in [0.15, 0.2) is 0 Å². The van der Waals surface area contributed by atoms with Gasteiger partial charge in [-0.2, -0.15) is 0 Å². The van der Waals surface area contributed by atoms with Gasteiger partial charge in [-0.25, -0.2) is 13.1 Å². The van der Waals surface area contributed by atoms with E-state index in [0.717, 1.165) is 13.1 Å². The van der Waals surface area contributed by atoms with Gasteiger partial charge in [0.2, 0.25) is 10.0 Å². The van der Waals surface area contributed by atoms with E-state index in [1.807, 2.05) is 18.9 Å². The lowest BCUT2D eigenvalue weighted by atomic mass is 10.5. The smallest absolute Gasteiger partial charge is 0.212 e. The summed E-state index contributed by atoms with van der Waals surface area (Å²) in [6.07, 6.45) is 0. The van der Waals surface area contributed by atoms with Gasteiger partial charge in [-0.1, -0.05) is 6.92 Å². The first-order valence-electron chi connectivity index (χ1n) is 5.87. The molecule has 0 aromatic rings. The first-order chi connectivity index (χ1) is 8.02. The Morgan fingerprint density at radius 2 is 1.94 bits per heavy atom. The van der Waals surface area contributed by atoms with Crippen LogP contribution in [0.4, 0.5) is 0 Å². The normalized spacial score (nSPS) is 12.2. The Kier molecular flexibility index (Phi) is 9.66. The number of hydrogen-bond donors (Lipinski definition) is 2. The fraction of sp³-hybridized carbons (Fsp3) is 1.00. The monoisotopic (exact) mass is 267 g/mol. The SMILES string of the molecule is CCNCCS(=O)(=O)NCCN(C)CCOC. The van der Waals surface area contributed by atoms with Crippen LogP contribution in [0.2, 0.25) is 0 Å². The Bertz CT molecular complexity index is 270. The number of nitrogens with zero attached hydrogens (tertiary/aromatic N) is 1. The maximum atomic E-state index is 11.5. The van der Waals surface area contributed by atoms with Gasteiger partial charge < -0.3 is 15.0 Å². The van der Waals surface area contributed by atoms with Crippen molar-refractivity contribution in [2.75, 3.05) is 59.2 Å². The first-order valence-corrected chi connectivity index (χ1v) is 7.52. The molecule has 0 heterocycles. The Balaban J connectivity index is 3.64. The Morgan fingerprint density at radius 3 is 2.53 bits per heavy atom. The van der Waals surface area contributed by atoms with E-state index >= 15 is 0 Å². The molecular formula is C10H25N3O3S. The van der Waals surface area contributed by atoms with Crippen molar-refractivity contribution in [2.45, 2.75) is 6.92 Å². The molecule has 0 bridgehead atoms. The number of hydrogen-bond acceptors (Lipinski definition) is 5. The minimum atomic E-state index is -3.14. The molecule has 0 aromatic carbocycles. The average molecular weight is 267 g/mol. The third-order valence-electron chi connectivity index (χ3n) is 2.29. The highest BCUT2D eigenvalue weighted by atomic mass is 32.2. The summed E-state index contributed by atoms with van der Waals surface area (Å²) in [5.74, 6) is 0.128. The van der Waals surface area contributed by atoms with Gasteiger partial charge in [-0.05, 0) is 13.6 Å². The van der Waals surface area contributed by atoms with Crippen molar-refractivity contribution in [2.24, 2.45) is 0 Å². The molecule has 0 aliphatic heterocycles. The van der Waals surface area contributed by atoms with Gasteiger partial charge >= 0.3 is 0 Å². The first kappa shape index (κ1) is 16.8. The van der Waals surface area contributed by atoms with Crippen LogP contribution < -0.4 is 10.0 Å². The van der Waals surface area contributed by atoms with Crippen molar-refractivity contribution in [1.29, 1.82) is 0 Å². The number of methoxy groups -OCH3 is 1. The summed E-state index contributed by atoms with van der Waals surface area (Å²) in [5, 5.41) is 2.99. The third-order valence-corrected chi connectivity index (χ3v) is 3.68. The Labute approximate surface area is 105 Å². The van der Waals surface area contributed by atoms with Gasteiger partial charge in [0, 0.05) is 33.3 Å². The van der Waals surface area contributed by atoms with Crippen LogP contribution in [0, 0.1) is 0 Å². The predicted molar refractivity (Wildman–Crippen MR) is 69.7 cm³/mol. The van der Waals surface area contributed by atoms with E-state index in [1.54, 1.807) is 7.11 Å². The highest BCUT2D eigenvalue weighted by Crippen LogP contribution is 1.85. The summed E-state index contributed by atoms with van der Waals surface area (Å²) in [6.45, 7) is 5.81. The number of likely N-dealkylation sites (N-methyl/N-ethyl adjacent to an activating group) is 1. The summed E-state index contributed by atoms with van der Waals surface area (Å²) in [7, 11) is 0.446. The number of rotatable bonds is 11. The largest absolute Gasteiger partial charge is 0.383 e. The van der Waals surface area contributed by atoms with Crippen molar-refractivity contribution in [3.05, 3.63) is 0 Å². The van der Waals surface area contributed by atoms with Crippen LogP contribution in [0.3, 0.4) is 0 Å². The van der Waals surface area contributed by atoms with E-state index in [2.05, 4.69) is 10.0 Å². The summed E-state index contributed by atoms with van der Waals surface area (Å²) in [4.78, 5) is 2.02. The van der Waals surface area contributed by atoms with Crippen molar-refractivity contribution >= 4 is 10.0 Å². The molecule has 2 N–H and O–H groups in total. The van der Waals surface area contributed by atoms with Crippen LogP contribution in [0.5, 0.6) is 0 Å². The maximum Gasteiger partial charge on any atom is 0.212 e. The molecule has 0 atom stereocenters. The highest BCUT2D eigenvalue weighted by Gasteiger charge is 2.08. The molecule has 0 saturated carbocycles. The van der Waals surface area contributed by atoms with Gasteiger partial charge in [0.05, 0.1) is 12.4 Å². The lowest BCUT2D eigenvalue weighted by Crippen LogP contribution is -2.37. The quantitative estimate of drug-likeness (QED) is 0.475. The van der Waals surface area contributed by atoms with Crippen LogP contribution in [-0.2, 0) is 14.8 Å². The second kappa shape index (κ2) is 9.78. The highest BCUT2D eigenvalue weighted by molar-refractivity contribution is 7.89. The summed E-state index contributed by atoms with van der Waals surface area (Å²) >= 11 is 0. The van der Waals surface area contributed by atoms with Crippen LogP contribution in [0.25, 0.3) is 0 Å². The molecule has 0 aromatic heterocycles. The third kappa shape index (κ3) is 10.7. The summed E-state index contributed by atoms with van der Waals surface area (Å²) in [5.41, 5.74) is 0. The number of sulfonamides is 1. The lowest BCUT2D eigenvalue weighted by Gasteiger charge is -2.16. The molecule has 0 aliphatic rings. The van der Waals surface area contributed by atoms with Crippen molar-refractivity contribution < 1.29 is 13.2 Å². The molecule has 0 unspecified atom stereocenters. The molecule has 104 valence electrons. The standard InChI is InChI=1S/C10H25N3O3S/c1-4-11-6-10-17(14,15)12-5-7-13(2)8-9-16-3/h11-12H,4-10H2,1-3H3. The molecular weight excluding hydrogens is 242 g/mol. The van der Waals surface area contributed by atoms with Gasteiger partial charge in [0.15, 0.2) is 0 Å². The van der Waals surface area contributed by atoms with Gasteiger partial charge in [-0.15, -0.1) is 0 Å². The van der Waals surface area contributed by atoms with E-state index in [4.69, 9.17) is 4.74 Å². The van der Waals surface area contributed by atoms with Gasteiger partial charge in [-0.3, -0.25) is 0 Å². The van der Waals surface area contributed by atoms with Crippen molar-refractivity contribution in [1.82, 2.24) is 14.9 Å². The van der Waals surface area contributed by atoms with Gasteiger partial charge in [0.25, 0.3) is 0 Å². The minimum Gasteiger partial charge on any atom is -0.383 e. The van der Waals surface area contributed by atoms with Gasteiger partial charge in [0.1, 0.15) is 0 Å². The fourth-order valence-electron chi connectivity index (χ4n) is 1.21. The zero-order valence-corrected chi connectivity index (χ0v) is 11.8. The summed E-state index contributed by atoms with van der Waals surface area (Å²) in [6, 6.07) is 0. The molecule has 0 radical (unpaired) electrons. The molecule has 6 nitrogen and oxygen atoms in total. The van der Waals surface area contributed by atoms with Crippen molar-refractivity contribution in [3.63, 3.8) is 0 Å². The zero-order valence-electron chi connectivity index (χ0n) is 11.0. The lowest BCUT2D eigenvalue weighted by molar-refractivity contribution is 0.162. The molecule has 0 rings (SSSR count). The van der Waals surface area contributed by atoms with Crippen LogP contribution in [0.1, 0.15) is 6.92 Å². The van der Waals surface area contributed by atoms with E-state index in [9.17, 15) is 8.42 Å². The van der Waals surface area contributed by atoms with E-state index in [0.29, 0.717) is 26.2 Å². The molecule has 0 fully saturated rings. The second-order valence-corrected chi connectivity index (χ2v) is 5.79. The van der Waals surface area contributed by atoms with E-state index in [-0.39, 0.29) is 5.75 Å². The Hall–Kier alpha value is -0.210. The molecule has 17 heavy (non-hydrogen) atoms. The summed E-state index contributed by atoms with van der Waals surface area (Å²) < 4.78 is 30.5. The number of ether oxygens (including phenoxy) is 1. The molecule has 0 amide bonds. The second-order valence-electron chi connectivity index (χ2n) is 3.86. The average Bonchev–Trinajstić information content (AvgIpc) is 2.26. The molecule has 0 aliphatic carbocycles. The Morgan fingerprint density at radius 1 is 1.24 bits per heavy atom. The molecule has 0 spiro atoms. The van der Waals surface area contributed by atoms with Crippen LogP contribution in [-0.4, -0.2) is 72.6 Å². The predicted octanol–water partition coefficient (Wildman–Crippen LogP) is -0.906. The van der Waals surface area contributed by atoms with E-state index < -0.39 is 10.0 Å². The minimum absolute atomic E-state index is 0.128. The zero-order chi connectivity index (χ0) is 13.1.